The lowest BCUT2D eigenvalue weighted by Crippen LogP contribution is -2.12. The Bertz CT molecular complexity index is 726. The molecule has 0 aliphatic heterocycles. The third-order valence-electron chi connectivity index (χ3n) is 3.17. The molecule has 0 radical (unpaired) electrons. The van der Waals surface area contributed by atoms with Crippen LogP contribution in [0, 0.1) is 0 Å². The Kier molecular flexibility index (Phi) is 2.79. The summed E-state index contributed by atoms with van der Waals surface area (Å²) in [6.07, 6.45) is 4.27. The monoisotopic (exact) mass is 254 g/mol. The number of rotatable bonds is 3. The highest BCUT2D eigenvalue weighted by Gasteiger charge is 2.13. The van der Waals surface area contributed by atoms with Gasteiger partial charge in [-0.1, -0.05) is 25.1 Å². The Morgan fingerprint density at radius 1 is 1.37 bits per heavy atom. The van der Waals surface area contributed by atoms with Gasteiger partial charge in [-0.25, -0.2) is 0 Å². The number of para-hydroxylation sites is 1. The van der Waals surface area contributed by atoms with Crippen molar-refractivity contribution in [1.29, 1.82) is 0 Å². The molecule has 3 aromatic rings. The molecule has 1 aromatic carbocycles. The summed E-state index contributed by atoms with van der Waals surface area (Å²) < 4.78 is 0. The minimum absolute atomic E-state index is 0.142. The molecule has 0 bridgehead atoms. The lowest BCUT2D eigenvalue weighted by Gasteiger charge is -2.03. The van der Waals surface area contributed by atoms with Crippen LogP contribution in [-0.2, 0) is 6.42 Å². The van der Waals surface area contributed by atoms with Gasteiger partial charge in [-0.15, -0.1) is 0 Å². The summed E-state index contributed by atoms with van der Waals surface area (Å²) in [5, 5.41) is 10.5. The molecule has 19 heavy (non-hydrogen) atoms. The minimum Gasteiger partial charge on any atom is -0.360 e. The van der Waals surface area contributed by atoms with Crippen molar-refractivity contribution in [2.75, 3.05) is 5.32 Å². The number of hydrogen-bond acceptors (Lipinski definition) is 2. The van der Waals surface area contributed by atoms with Crippen molar-refractivity contribution in [3.8, 4) is 0 Å². The van der Waals surface area contributed by atoms with Crippen molar-refractivity contribution < 1.29 is 4.79 Å². The number of aromatic nitrogens is 3. The molecular weight excluding hydrogens is 240 g/mol. The van der Waals surface area contributed by atoms with E-state index >= 15 is 0 Å². The summed E-state index contributed by atoms with van der Waals surface area (Å²) >= 11 is 0. The van der Waals surface area contributed by atoms with E-state index in [0.29, 0.717) is 11.4 Å². The summed E-state index contributed by atoms with van der Waals surface area (Å²) in [5.74, 6) is 0.522. The van der Waals surface area contributed by atoms with Crippen LogP contribution in [0.2, 0.25) is 0 Å². The molecule has 5 heteroatoms. The summed E-state index contributed by atoms with van der Waals surface area (Å²) in [6, 6.07) is 7.72. The van der Waals surface area contributed by atoms with Crippen LogP contribution in [0.1, 0.15) is 22.8 Å². The van der Waals surface area contributed by atoms with Crippen LogP contribution in [0.25, 0.3) is 10.9 Å². The first-order chi connectivity index (χ1) is 9.29. The predicted octanol–water partition coefficient (Wildman–Crippen LogP) is 2.71. The van der Waals surface area contributed by atoms with Gasteiger partial charge in [-0.05, 0) is 12.5 Å². The van der Waals surface area contributed by atoms with Gasteiger partial charge >= 0.3 is 0 Å². The van der Waals surface area contributed by atoms with E-state index in [2.05, 4.69) is 20.5 Å². The number of aryl methyl sites for hydroxylation is 1. The average Bonchev–Trinajstić information content (AvgIpc) is 3.04. The number of aromatic amines is 2. The maximum atomic E-state index is 12.3. The molecule has 0 saturated heterocycles. The number of anilines is 1. The van der Waals surface area contributed by atoms with Crippen molar-refractivity contribution in [3.63, 3.8) is 0 Å². The fraction of sp³-hybridized carbons (Fsp3) is 0.143. The number of nitrogens with one attached hydrogen (secondary N) is 3. The van der Waals surface area contributed by atoms with E-state index in [1.54, 1.807) is 12.4 Å². The Balaban J connectivity index is 1.92. The average molecular weight is 254 g/mol. The third kappa shape index (κ3) is 1.99. The molecule has 3 rings (SSSR count). The number of nitrogens with zero attached hydrogens (tertiary/aromatic N) is 1. The molecule has 2 aromatic heterocycles. The van der Waals surface area contributed by atoms with Gasteiger partial charge in [-0.2, -0.15) is 5.10 Å². The van der Waals surface area contributed by atoms with E-state index in [0.717, 1.165) is 22.9 Å². The molecule has 0 aliphatic carbocycles. The van der Waals surface area contributed by atoms with Crippen LogP contribution in [0.4, 0.5) is 5.82 Å². The normalized spacial score (nSPS) is 10.8. The van der Waals surface area contributed by atoms with Gasteiger partial charge in [0.25, 0.3) is 5.91 Å². The molecule has 0 aliphatic rings. The van der Waals surface area contributed by atoms with E-state index in [-0.39, 0.29) is 5.91 Å². The SMILES string of the molecule is CCc1cn[nH]c1NC(=O)c1c[nH]c2ccccc12. The highest BCUT2D eigenvalue weighted by Crippen LogP contribution is 2.19. The molecule has 2 heterocycles. The fourth-order valence-electron chi connectivity index (χ4n) is 2.13. The van der Waals surface area contributed by atoms with E-state index in [1.165, 1.54) is 0 Å². The second kappa shape index (κ2) is 4.61. The standard InChI is InChI=1S/C14H14N4O/c1-2-9-7-16-18-13(9)17-14(19)11-8-15-12-6-4-3-5-10(11)12/h3-8,15H,2H2,1H3,(H2,16,17,18,19). The summed E-state index contributed by atoms with van der Waals surface area (Å²) in [7, 11) is 0. The fourth-order valence-corrected chi connectivity index (χ4v) is 2.13. The molecule has 0 spiro atoms. The van der Waals surface area contributed by atoms with Crippen LogP contribution in [0.3, 0.4) is 0 Å². The molecule has 1 amide bonds. The van der Waals surface area contributed by atoms with Crippen molar-refractivity contribution in [3.05, 3.63) is 47.8 Å². The first kappa shape index (κ1) is 11.5. The maximum Gasteiger partial charge on any atom is 0.258 e. The van der Waals surface area contributed by atoms with E-state index in [9.17, 15) is 4.79 Å². The summed E-state index contributed by atoms with van der Waals surface area (Å²) in [6.45, 7) is 2.02. The third-order valence-corrected chi connectivity index (χ3v) is 3.17. The Morgan fingerprint density at radius 2 is 2.21 bits per heavy atom. The minimum atomic E-state index is -0.142. The quantitative estimate of drug-likeness (QED) is 0.672. The topological polar surface area (TPSA) is 73.6 Å². The van der Waals surface area contributed by atoms with Crippen molar-refractivity contribution in [2.24, 2.45) is 0 Å². The zero-order chi connectivity index (χ0) is 13.2. The van der Waals surface area contributed by atoms with Crippen LogP contribution in [-0.4, -0.2) is 21.1 Å². The van der Waals surface area contributed by atoms with E-state index < -0.39 is 0 Å². The zero-order valence-corrected chi connectivity index (χ0v) is 10.5. The van der Waals surface area contributed by atoms with Crippen LogP contribution in [0.15, 0.2) is 36.7 Å². The number of amides is 1. The molecule has 0 atom stereocenters. The summed E-state index contributed by atoms with van der Waals surface area (Å²) in [4.78, 5) is 15.4. The smallest absolute Gasteiger partial charge is 0.258 e. The van der Waals surface area contributed by atoms with Gasteiger partial charge in [0.05, 0.1) is 11.8 Å². The van der Waals surface area contributed by atoms with Gasteiger partial charge in [-0.3, -0.25) is 9.89 Å². The lowest BCUT2D eigenvalue weighted by atomic mass is 10.1. The first-order valence-corrected chi connectivity index (χ1v) is 6.19. The second-order valence-electron chi connectivity index (χ2n) is 4.33. The Hall–Kier alpha value is -2.56. The number of fused-ring (bicyclic) bond motifs is 1. The largest absolute Gasteiger partial charge is 0.360 e. The van der Waals surface area contributed by atoms with Gasteiger partial charge in [0.15, 0.2) is 0 Å². The van der Waals surface area contributed by atoms with Crippen LogP contribution < -0.4 is 5.32 Å². The highest BCUT2D eigenvalue weighted by atomic mass is 16.1. The molecule has 5 nitrogen and oxygen atoms in total. The number of carbonyl (C=O) groups excluding carboxylic acids is 1. The second-order valence-corrected chi connectivity index (χ2v) is 4.33. The van der Waals surface area contributed by atoms with Gasteiger partial charge < -0.3 is 10.3 Å². The van der Waals surface area contributed by atoms with Crippen molar-refractivity contribution >= 4 is 22.6 Å². The van der Waals surface area contributed by atoms with Crippen LogP contribution in [0.5, 0.6) is 0 Å². The Labute approximate surface area is 110 Å². The van der Waals surface area contributed by atoms with Gasteiger partial charge in [0.2, 0.25) is 0 Å². The van der Waals surface area contributed by atoms with Crippen molar-refractivity contribution in [1.82, 2.24) is 15.2 Å². The van der Waals surface area contributed by atoms with E-state index in [1.807, 2.05) is 31.2 Å². The zero-order valence-electron chi connectivity index (χ0n) is 10.5. The van der Waals surface area contributed by atoms with Gasteiger partial charge in [0, 0.05) is 22.7 Å². The van der Waals surface area contributed by atoms with Gasteiger partial charge in [0.1, 0.15) is 5.82 Å². The Morgan fingerprint density at radius 3 is 3.05 bits per heavy atom. The number of hydrogen-bond donors (Lipinski definition) is 3. The predicted molar refractivity (Wildman–Crippen MR) is 74.2 cm³/mol. The highest BCUT2D eigenvalue weighted by molar-refractivity contribution is 6.12. The molecular formula is C14H14N4O. The summed E-state index contributed by atoms with van der Waals surface area (Å²) in [5.41, 5.74) is 2.58. The number of carbonyl (C=O) groups is 1. The molecule has 0 unspecified atom stereocenters. The van der Waals surface area contributed by atoms with Crippen molar-refractivity contribution in [2.45, 2.75) is 13.3 Å². The number of benzene rings is 1. The lowest BCUT2D eigenvalue weighted by molar-refractivity contribution is 0.102. The molecule has 3 N–H and O–H groups in total. The molecule has 96 valence electrons. The maximum absolute atomic E-state index is 12.3. The molecule has 0 fully saturated rings. The molecule has 0 saturated carbocycles. The van der Waals surface area contributed by atoms with E-state index in [4.69, 9.17) is 0 Å². The number of H-pyrrole nitrogens is 2. The van der Waals surface area contributed by atoms with Crippen LogP contribution >= 0.6 is 0 Å². The first-order valence-electron chi connectivity index (χ1n) is 6.19.